The van der Waals surface area contributed by atoms with E-state index < -0.39 is 0 Å². The van der Waals surface area contributed by atoms with E-state index in [2.05, 4.69) is 59.8 Å². The van der Waals surface area contributed by atoms with Crippen molar-refractivity contribution >= 4 is 17.7 Å². The molecule has 0 bridgehead atoms. The summed E-state index contributed by atoms with van der Waals surface area (Å²) in [6.45, 7) is 9.18. The standard InChI is InChI=1S/C18H38N4S/c1-16(2)17-15-22(13-14-23-17)18(19-3)20-11-9-7-6-8-10-12-21(4)5/h16-17H,6-15H2,1-5H3,(H,19,20). The first-order valence-corrected chi connectivity index (χ1v) is 10.3. The van der Waals surface area contributed by atoms with E-state index in [0.29, 0.717) is 0 Å². The molecule has 23 heavy (non-hydrogen) atoms. The monoisotopic (exact) mass is 342 g/mol. The highest BCUT2D eigenvalue weighted by molar-refractivity contribution is 8.00. The third-order valence-electron chi connectivity index (χ3n) is 4.41. The van der Waals surface area contributed by atoms with Crippen molar-refractivity contribution in [2.75, 3.05) is 53.1 Å². The van der Waals surface area contributed by atoms with Gasteiger partial charge < -0.3 is 15.1 Å². The van der Waals surface area contributed by atoms with Gasteiger partial charge in [-0.15, -0.1) is 0 Å². The summed E-state index contributed by atoms with van der Waals surface area (Å²) in [5.41, 5.74) is 0. The van der Waals surface area contributed by atoms with Gasteiger partial charge in [-0.2, -0.15) is 11.8 Å². The van der Waals surface area contributed by atoms with E-state index in [4.69, 9.17) is 0 Å². The van der Waals surface area contributed by atoms with Gasteiger partial charge in [-0.05, 0) is 39.4 Å². The number of rotatable bonds is 9. The maximum Gasteiger partial charge on any atom is 0.193 e. The van der Waals surface area contributed by atoms with E-state index in [1.165, 1.54) is 44.4 Å². The molecule has 1 heterocycles. The van der Waals surface area contributed by atoms with Crippen LogP contribution in [0.4, 0.5) is 0 Å². The zero-order chi connectivity index (χ0) is 17.1. The van der Waals surface area contributed by atoms with Gasteiger partial charge in [0.25, 0.3) is 0 Å². The summed E-state index contributed by atoms with van der Waals surface area (Å²) in [4.78, 5) is 9.20. The molecule has 1 N–H and O–H groups in total. The summed E-state index contributed by atoms with van der Waals surface area (Å²) in [6.07, 6.45) is 6.60. The topological polar surface area (TPSA) is 30.9 Å². The highest BCUT2D eigenvalue weighted by atomic mass is 32.2. The third-order valence-corrected chi connectivity index (χ3v) is 5.95. The Morgan fingerprint density at radius 2 is 1.91 bits per heavy atom. The largest absolute Gasteiger partial charge is 0.356 e. The van der Waals surface area contributed by atoms with Gasteiger partial charge in [0.05, 0.1) is 0 Å². The van der Waals surface area contributed by atoms with E-state index >= 15 is 0 Å². The minimum atomic E-state index is 0.735. The van der Waals surface area contributed by atoms with Gasteiger partial charge >= 0.3 is 0 Å². The zero-order valence-electron chi connectivity index (χ0n) is 16.0. The molecular formula is C18H38N4S. The SMILES string of the molecule is CN=C(NCCCCCCCN(C)C)N1CCSC(C(C)C)C1. The van der Waals surface area contributed by atoms with Crippen LogP contribution in [0.25, 0.3) is 0 Å². The molecule has 0 spiro atoms. The zero-order valence-corrected chi connectivity index (χ0v) is 16.8. The van der Waals surface area contributed by atoms with Crippen LogP contribution in [0.5, 0.6) is 0 Å². The van der Waals surface area contributed by atoms with Crippen LogP contribution >= 0.6 is 11.8 Å². The number of aliphatic imine (C=N–C) groups is 1. The molecule has 136 valence electrons. The van der Waals surface area contributed by atoms with Crippen LogP contribution < -0.4 is 5.32 Å². The minimum Gasteiger partial charge on any atom is -0.356 e. The van der Waals surface area contributed by atoms with E-state index in [0.717, 1.165) is 36.8 Å². The Morgan fingerprint density at radius 3 is 2.57 bits per heavy atom. The van der Waals surface area contributed by atoms with Crippen LogP contribution in [0.15, 0.2) is 4.99 Å². The van der Waals surface area contributed by atoms with Crippen LogP contribution in [0.2, 0.25) is 0 Å². The first kappa shape index (κ1) is 20.6. The van der Waals surface area contributed by atoms with Crippen LogP contribution in [-0.2, 0) is 0 Å². The summed E-state index contributed by atoms with van der Waals surface area (Å²) < 4.78 is 0. The highest BCUT2D eigenvalue weighted by Gasteiger charge is 2.24. The molecule has 5 heteroatoms. The van der Waals surface area contributed by atoms with E-state index in [1.807, 2.05) is 7.05 Å². The van der Waals surface area contributed by atoms with Gasteiger partial charge in [0.1, 0.15) is 0 Å². The van der Waals surface area contributed by atoms with Crippen LogP contribution in [0, 0.1) is 5.92 Å². The van der Waals surface area contributed by atoms with Gasteiger partial charge in [-0.1, -0.05) is 33.1 Å². The fraction of sp³-hybridized carbons (Fsp3) is 0.944. The van der Waals surface area contributed by atoms with Crippen molar-refractivity contribution in [2.24, 2.45) is 10.9 Å². The lowest BCUT2D eigenvalue weighted by Gasteiger charge is -2.36. The molecule has 0 aromatic heterocycles. The molecule has 0 amide bonds. The van der Waals surface area contributed by atoms with Crippen LogP contribution in [0.3, 0.4) is 0 Å². The van der Waals surface area contributed by atoms with Crippen molar-refractivity contribution in [1.29, 1.82) is 0 Å². The summed E-state index contributed by atoms with van der Waals surface area (Å²) >= 11 is 2.12. The normalized spacial score (nSPS) is 19.7. The minimum absolute atomic E-state index is 0.735. The lowest BCUT2D eigenvalue weighted by molar-refractivity contribution is 0.379. The Bertz CT molecular complexity index is 331. The Labute approximate surface area is 148 Å². The molecule has 0 aliphatic carbocycles. The second-order valence-corrected chi connectivity index (χ2v) is 8.49. The van der Waals surface area contributed by atoms with Gasteiger partial charge in [0.2, 0.25) is 0 Å². The molecule has 0 aromatic carbocycles. The average molecular weight is 343 g/mol. The number of nitrogens with zero attached hydrogens (tertiary/aromatic N) is 3. The van der Waals surface area contributed by atoms with E-state index in [9.17, 15) is 0 Å². The lowest BCUT2D eigenvalue weighted by atomic mass is 10.1. The number of hydrogen-bond donors (Lipinski definition) is 1. The van der Waals surface area contributed by atoms with Gasteiger partial charge in [-0.25, -0.2) is 0 Å². The quantitative estimate of drug-likeness (QED) is 0.396. The fourth-order valence-corrected chi connectivity index (χ4v) is 4.19. The molecule has 1 fully saturated rings. The number of thioether (sulfide) groups is 1. The van der Waals surface area contributed by atoms with Crippen molar-refractivity contribution < 1.29 is 0 Å². The molecule has 4 nitrogen and oxygen atoms in total. The average Bonchev–Trinajstić information content (AvgIpc) is 2.53. The molecule has 1 saturated heterocycles. The Morgan fingerprint density at radius 1 is 1.22 bits per heavy atom. The number of guanidine groups is 1. The molecule has 0 saturated carbocycles. The van der Waals surface area contributed by atoms with Crippen LogP contribution in [-0.4, -0.2) is 74.1 Å². The molecule has 1 aliphatic heterocycles. The first-order chi connectivity index (χ1) is 11.0. The fourth-order valence-electron chi connectivity index (χ4n) is 2.89. The molecular weight excluding hydrogens is 304 g/mol. The van der Waals surface area contributed by atoms with Crippen molar-refractivity contribution in [2.45, 2.75) is 51.2 Å². The lowest BCUT2D eigenvalue weighted by Crippen LogP contribution is -2.49. The maximum atomic E-state index is 4.49. The summed E-state index contributed by atoms with van der Waals surface area (Å²) in [7, 11) is 6.21. The van der Waals surface area contributed by atoms with Crippen molar-refractivity contribution in [3.8, 4) is 0 Å². The maximum absolute atomic E-state index is 4.49. The second kappa shape index (κ2) is 12.0. The van der Waals surface area contributed by atoms with Crippen molar-refractivity contribution in [3.05, 3.63) is 0 Å². The predicted octanol–water partition coefficient (Wildman–Crippen LogP) is 3.15. The van der Waals surface area contributed by atoms with Crippen molar-refractivity contribution in [3.63, 3.8) is 0 Å². The highest BCUT2D eigenvalue weighted by Crippen LogP contribution is 2.24. The third kappa shape index (κ3) is 8.85. The molecule has 1 atom stereocenters. The molecule has 0 aromatic rings. The van der Waals surface area contributed by atoms with Gasteiger partial charge in [0, 0.05) is 37.7 Å². The van der Waals surface area contributed by atoms with E-state index in [1.54, 1.807) is 0 Å². The summed E-state index contributed by atoms with van der Waals surface area (Å²) in [5.74, 6) is 3.06. The Kier molecular flexibility index (Phi) is 10.8. The Hall–Kier alpha value is -0.420. The number of nitrogens with one attached hydrogen (secondary N) is 1. The molecule has 1 rings (SSSR count). The van der Waals surface area contributed by atoms with E-state index in [-0.39, 0.29) is 0 Å². The first-order valence-electron chi connectivity index (χ1n) is 9.26. The summed E-state index contributed by atoms with van der Waals surface area (Å²) in [6, 6.07) is 0. The number of hydrogen-bond acceptors (Lipinski definition) is 3. The molecule has 0 radical (unpaired) electrons. The summed E-state index contributed by atoms with van der Waals surface area (Å²) in [5, 5.41) is 4.30. The predicted molar refractivity (Wildman–Crippen MR) is 106 cm³/mol. The number of unbranched alkanes of at least 4 members (excludes halogenated alkanes) is 4. The van der Waals surface area contributed by atoms with Crippen molar-refractivity contribution in [1.82, 2.24) is 15.1 Å². The van der Waals surface area contributed by atoms with Gasteiger partial charge in [0.15, 0.2) is 5.96 Å². The Balaban J connectivity index is 2.14. The molecule has 1 unspecified atom stereocenters. The smallest absolute Gasteiger partial charge is 0.193 e. The van der Waals surface area contributed by atoms with Gasteiger partial charge in [-0.3, -0.25) is 4.99 Å². The van der Waals surface area contributed by atoms with Crippen LogP contribution in [0.1, 0.15) is 46.0 Å². The molecule has 1 aliphatic rings. The second-order valence-electron chi connectivity index (χ2n) is 7.14.